The zero-order valence-electron chi connectivity index (χ0n) is 10.3. The minimum absolute atomic E-state index is 0.149. The van der Waals surface area contributed by atoms with Gasteiger partial charge in [0.25, 0.3) is 0 Å². The Balaban J connectivity index is 2.00. The fourth-order valence-corrected chi connectivity index (χ4v) is 2.36. The summed E-state index contributed by atoms with van der Waals surface area (Å²) in [4.78, 5) is 11.9. The number of hydrogen-bond acceptors (Lipinski definition) is 1. The van der Waals surface area contributed by atoms with Crippen LogP contribution in [0.2, 0.25) is 0 Å². The molecule has 0 amide bonds. The molecule has 0 radical (unpaired) electrons. The summed E-state index contributed by atoms with van der Waals surface area (Å²) in [5.74, 6) is 0.576. The predicted molar refractivity (Wildman–Crippen MR) is 71.7 cm³/mol. The number of rotatable bonds is 2. The summed E-state index contributed by atoms with van der Waals surface area (Å²) < 4.78 is 0. The molecule has 1 aromatic rings. The molecule has 17 heavy (non-hydrogen) atoms. The standard InChI is InChI=1S/C16H20O/c17-16-11-7-2-1-6-10-15(16)13-12-14-8-4-3-5-9-14/h3-5,8-9,12-13,15H,1-2,6-7,10-11H2/b13-12+. The van der Waals surface area contributed by atoms with Crippen molar-refractivity contribution in [2.75, 3.05) is 0 Å². The van der Waals surface area contributed by atoms with Crippen molar-refractivity contribution >= 4 is 11.9 Å². The monoisotopic (exact) mass is 228 g/mol. The van der Waals surface area contributed by atoms with Crippen LogP contribution < -0.4 is 0 Å². The maximum atomic E-state index is 11.9. The highest BCUT2D eigenvalue weighted by Gasteiger charge is 2.16. The summed E-state index contributed by atoms with van der Waals surface area (Å²) in [6.45, 7) is 0. The Kier molecular flexibility index (Phi) is 4.54. The molecule has 0 aliphatic heterocycles. The molecule has 1 nitrogen and oxygen atoms in total. The topological polar surface area (TPSA) is 17.1 Å². The van der Waals surface area contributed by atoms with E-state index in [0.717, 1.165) is 19.3 Å². The van der Waals surface area contributed by atoms with Crippen LogP contribution in [0.15, 0.2) is 36.4 Å². The summed E-state index contributed by atoms with van der Waals surface area (Å²) in [7, 11) is 0. The molecule has 1 aliphatic rings. The van der Waals surface area contributed by atoms with Crippen molar-refractivity contribution in [3.8, 4) is 0 Å². The number of hydrogen-bond donors (Lipinski definition) is 0. The van der Waals surface area contributed by atoms with E-state index in [0.29, 0.717) is 5.78 Å². The van der Waals surface area contributed by atoms with Crippen molar-refractivity contribution < 1.29 is 4.79 Å². The van der Waals surface area contributed by atoms with Gasteiger partial charge in [-0.25, -0.2) is 0 Å². The minimum atomic E-state index is 0.149. The first kappa shape index (κ1) is 12.1. The number of benzene rings is 1. The maximum Gasteiger partial charge on any atom is 0.139 e. The fourth-order valence-electron chi connectivity index (χ4n) is 2.36. The van der Waals surface area contributed by atoms with Gasteiger partial charge >= 0.3 is 0 Å². The van der Waals surface area contributed by atoms with Gasteiger partial charge in [0.15, 0.2) is 0 Å². The van der Waals surface area contributed by atoms with Gasteiger partial charge in [-0.2, -0.15) is 0 Å². The Bertz CT molecular complexity index is 378. The van der Waals surface area contributed by atoms with E-state index in [-0.39, 0.29) is 5.92 Å². The first-order valence-corrected chi connectivity index (χ1v) is 6.62. The second-order valence-electron chi connectivity index (χ2n) is 4.80. The Hall–Kier alpha value is -1.37. The van der Waals surface area contributed by atoms with E-state index in [1.54, 1.807) is 0 Å². The lowest BCUT2D eigenvalue weighted by atomic mass is 9.89. The number of carbonyl (C=O) groups excluding carboxylic acids is 1. The zero-order chi connectivity index (χ0) is 11.9. The van der Waals surface area contributed by atoms with Gasteiger partial charge in [0, 0.05) is 12.3 Å². The van der Waals surface area contributed by atoms with E-state index in [2.05, 4.69) is 24.3 Å². The van der Waals surface area contributed by atoms with Crippen LogP contribution in [0.4, 0.5) is 0 Å². The summed E-state index contributed by atoms with van der Waals surface area (Å²) in [5, 5.41) is 0. The number of carbonyl (C=O) groups is 1. The Morgan fingerprint density at radius 2 is 1.76 bits per heavy atom. The highest BCUT2D eigenvalue weighted by atomic mass is 16.1. The third-order valence-electron chi connectivity index (χ3n) is 3.42. The summed E-state index contributed by atoms with van der Waals surface area (Å²) >= 11 is 0. The average molecular weight is 228 g/mol. The lowest BCUT2D eigenvalue weighted by Crippen LogP contribution is -2.13. The molecule has 0 N–H and O–H groups in total. The second kappa shape index (κ2) is 6.39. The first-order valence-electron chi connectivity index (χ1n) is 6.62. The molecule has 1 saturated carbocycles. The third-order valence-corrected chi connectivity index (χ3v) is 3.42. The molecule has 0 heterocycles. The molecular weight excluding hydrogens is 208 g/mol. The Morgan fingerprint density at radius 3 is 2.59 bits per heavy atom. The van der Waals surface area contributed by atoms with Gasteiger partial charge in [-0.3, -0.25) is 4.79 Å². The highest BCUT2D eigenvalue weighted by molar-refractivity contribution is 5.83. The van der Waals surface area contributed by atoms with Crippen molar-refractivity contribution in [1.82, 2.24) is 0 Å². The molecule has 90 valence electrons. The van der Waals surface area contributed by atoms with Gasteiger partial charge in [0.1, 0.15) is 5.78 Å². The second-order valence-corrected chi connectivity index (χ2v) is 4.80. The zero-order valence-corrected chi connectivity index (χ0v) is 10.3. The molecule has 0 aromatic heterocycles. The van der Waals surface area contributed by atoms with Crippen LogP contribution in [0.5, 0.6) is 0 Å². The molecule has 1 atom stereocenters. The maximum absolute atomic E-state index is 11.9. The quantitative estimate of drug-likeness (QED) is 0.740. The van der Waals surface area contributed by atoms with Gasteiger partial charge < -0.3 is 0 Å². The van der Waals surface area contributed by atoms with Gasteiger partial charge in [0.05, 0.1) is 0 Å². The van der Waals surface area contributed by atoms with Gasteiger partial charge in [-0.05, 0) is 18.4 Å². The van der Waals surface area contributed by atoms with Gasteiger partial charge in [-0.15, -0.1) is 0 Å². The minimum Gasteiger partial charge on any atom is -0.299 e. The largest absolute Gasteiger partial charge is 0.299 e. The van der Waals surface area contributed by atoms with E-state index in [1.807, 2.05) is 18.2 Å². The van der Waals surface area contributed by atoms with Crippen LogP contribution in [-0.4, -0.2) is 5.78 Å². The van der Waals surface area contributed by atoms with E-state index in [1.165, 1.54) is 24.8 Å². The highest BCUT2D eigenvalue weighted by Crippen LogP contribution is 2.21. The van der Waals surface area contributed by atoms with E-state index in [9.17, 15) is 4.79 Å². The molecular formula is C16H20O. The molecule has 2 rings (SSSR count). The van der Waals surface area contributed by atoms with Crippen molar-refractivity contribution in [3.63, 3.8) is 0 Å². The number of ketones is 1. The van der Waals surface area contributed by atoms with Crippen LogP contribution in [0.25, 0.3) is 6.08 Å². The van der Waals surface area contributed by atoms with Crippen molar-refractivity contribution in [2.45, 2.75) is 38.5 Å². The Labute approximate surface area is 104 Å². The van der Waals surface area contributed by atoms with Crippen LogP contribution in [0, 0.1) is 5.92 Å². The molecule has 1 heteroatoms. The van der Waals surface area contributed by atoms with Crippen LogP contribution in [0.3, 0.4) is 0 Å². The van der Waals surface area contributed by atoms with Crippen LogP contribution >= 0.6 is 0 Å². The molecule has 1 unspecified atom stereocenters. The van der Waals surface area contributed by atoms with E-state index in [4.69, 9.17) is 0 Å². The average Bonchev–Trinajstić information content (AvgIpc) is 2.35. The summed E-state index contributed by atoms with van der Waals surface area (Å²) in [6, 6.07) is 10.2. The van der Waals surface area contributed by atoms with E-state index < -0.39 is 0 Å². The smallest absolute Gasteiger partial charge is 0.139 e. The molecule has 1 aromatic carbocycles. The van der Waals surface area contributed by atoms with Crippen molar-refractivity contribution in [2.24, 2.45) is 5.92 Å². The molecule has 0 bridgehead atoms. The first-order chi connectivity index (χ1) is 8.36. The van der Waals surface area contributed by atoms with Gasteiger partial charge in [-0.1, -0.05) is 61.7 Å². The SMILES string of the molecule is O=C1CCCCCCC1/C=C/c1ccccc1. The summed E-state index contributed by atoms with van der Waals surface area (Å²) in [5.41, 5.74) is 1.18. The predicted octanol–water partition coefficient (Wildman–Crippen LogP) is 4.24. The van der Waals surface area contributed by atoms with Crippen LogP contribution in [-0.2, 0) is 4.79 Å². The van der Waals surface area contributed by atoms with Crippen molar-refractivity contribution in [3.05, 3.63) is 42.0 Å². The number of Topliss-reactive ketones (excluding diaryl/α,β-unsaturated/α-hetero) is 1. The molecule has 1 aliphatic carbocycles. The van der Waals surface area contributed by atoms with E-state index >= 15 is 0 Å². The molecule has 0 spiro atoms. The lowest BCUT2D eigenvalue weighted by Gasteiger charge is -2.14. The fraction of sp³-hybridized carbons (Fsp3) is 0.438. The normalized spacial score (nSPS) is 22.4. The molecule has 1 fully saturated rings. The van der Waals surface area contributed by atoms with Gasteiger partial charge in [0.2, 0.25) is 0 Å². The Morgan fingerprint density at radius 1 is 1.00 bits per heavy atom. The lowest BCUT2D eigenvalue weighted by molar-refractivity contribution is -0.122. The third kappa shape index (κ3) is 3.85. The molecule has 0 saturated heterocycles. The summed E-state index contributed by atoms with van der Waals surface area (Å²) in [6.07, 6.45) is 10.8. The van der Waals surface area contributed by atoms with Crippen molar-refractivity contribution in [1.29, 1.82) is 0 Å². The number of allylic oxidation sites excluding steroid dienone is 1. The van der Waals surface area contributed by atoms with Crippen LogP contribution in [0.1, 0.15) is 44.1 Å².